The molecule has 0 aliphatic rings. The highest BCUT2D eigenvalue weighted by atomic mass is 35.5. The molecule has 0 spiro atoms. The Morgan fingerprint density at radius 2 is 1.96 bits per heavy atom. The average Bonchev–Trinajstić information content (AvgIpc) is 2.79. The molecule has 0 amide bonds. The van der Waals surface area contributed by atoms with E-state index in [1.165, 1.54) is 0 Å². The van der Waals surface area contributed by atoms with Crippen LogP contribution in [0.1, 0.15) is 11.4 Å². The molecule has 0 unspecified atom stereocenters. The Hall–Kier alpha value is -2.28. The van der Waals surface area contributed by atoms with Crippen molar-refractivity contribution in [1.82, 2.24) is 14.1 Å². The third-order valence-corrected chi connectivity index (χ3v) is 3.83. The summed E-state index contributed by atoms with van der Waals surface area (Å²) in [5, 5.41) is -0.474. The second-order valence-corrected chi connectivity index (χ2v) is 5.49. The minimum Gasteiger partial charge on any atom is -0.330 e. The quantitative estimate of drug-likeness (QED) is 0.716. The molecular weight excluding hydrogens is 331 g/mol. The summed E-state index contributed by atoms with van der Waals surface area (Å²) in [4.78, 5) is 16.4. The van der Waals surface area contributed by atoms with Gasteiger partial charge in [0, 0.05) is 13.2 Å². The van der Waals surface area contributed by atoms with Crippen LogP contribution in [-0.4, -0.2) is 14.1 Å². The molecule has 0 saturated carbocycles. The molecule has 8 heteroatoms. The molecular formula is C15H11ClF3N3O. The normalized spacial score (nSPS) is 12.0. The van der Waals surface area contributed by atoms with Gasteiger partial charge >= 0.3 is 6.18 Å². The largest absolute Gasteiger partial charge is 0.417 e. The summed E-state index contributed by atoms with van der Waals surface area (Å²) in [5.74, 6) is 0.462. The molecule has 0 aliphatic heterocycles. The molecule has 2 aromatic heterocycles. The lowest BCUT2D eigenvalue weighted by molar-refractivity contribution is -0.138. The van der Waals surface area contributed by atoms with Gasteiger partial charge in [0.25, 0.3) is 5.56 Å². The number of aromatic nitrogens is 3. The third-order valence-electron chi connectivity index (χ3n) is 3.56. The number of aryl methyl sites for hydroxylation is 1. The highest BCUT2D eigenvalue weighted by Crippen LogP contribution is 2.29. The van der Waals surface area contributed by atoms with Crippen molar-refractivity contribution in [3.05, 3.63) is 63.3 Å². The zero-order valence-electron chi connectivity index (χ0n) is 11.9. The predicted molar refractivity (Wildman–Crippen MR) is 80.5 cm³/mol. The van der Waals surface area contributed by atoms with Gasteiger partial charge < -0.3 is 9.13 Å². The van der Waals surface area contributed by atoms with Crippen molar-refractivity contribution in [2.45, 2.75) is 12.7 Å². The number of hydrogen-bond donors (Lipinski definition) is 0. The minimum absolute atomic E-state index is 0.104. The van der Waals surface area contributed by atoms with Crippen LogP contribution in [0.25, 0.3) is 11.0 Å². The number of rotatable bonds is 2. The highest BCUT2D eigenvalue weighted by Gasteiger charge is 2.32. The van der Waals surface area contributed by atoms with Crippen molar-refractivity contribution in [3.8, 4) is 0 Å². The average molecular weight is 342 g/mol. The molecule has 3 rings (SSSR count). The van der Waals surface area contributed by atoms with Gasteiger partial charge in [0.15, 0.2) is 0 Å². The molecule has 0 aliphatic carbocycles. The van der Waals surface area contributed by atoms with Crippen molar-refractivity contribution in [3.63, 3.8) is 0 Å². The van der Waals surface area contributed by atoms with Gasteiger partial charge in [-0.25, -0.2) is 4.98 Å². The molecule has 3 aromatic rings. The van der Waals surface area contributed by atoms with Crippen LogP contribution in [0.3, 0.4) is 0 Å². The van der Waals surface area contributed by atoms with Crippen molar-refractivity contribution >= 4 is 22.6 Å². The first-order chi connectivity index (χ1) is 10.8. The van der Waals surface area contributed by atoms with Crippen LogP contribution in [0.15, 0.2) is 41.3 Å². The van der Waals surface area contributed by atoms with E-state index in [1.54, 1.807) is 17.7 Å². The second-order valence-electron chi connectivity index (χ2n) is 5.08. The molecule has 0 atom stereocenters. The van der Waals surface area contributed by atoms with E-state index in [2.05, 4.69) is 4.98 Å². The number of hydrogen-bond acceptors (Lipinski definition) is 2. The zero-order chi connectivity index (χ0) is 16.8. The fraction of sp³-hybridized carbons (Fsp3) is 0.200. The Labute approximate surface area is 133 Å². The highest BCUT2D eigenvalue weighted by molar-refractivity contribution is 6.30. The maximum Gasteiger partial charge on any atom is 0.417 e. The zero-order valence-corrected chi connectivity index (χ0v) is 12.7. The lowest BCUT2D eigenvalue weighted by atomic mass is 10.2. The first-order valence-corrected chi connectivity index (χ1v) is 7.02. The van der Waals surface area contributed by atoms with Gasteiger partial charge in [-0.05, 0) is 18.2 Å². The Kier molecular flexibility index (Phi) is 3.68. The van der Waals surface area contributed by atoms with Crippen LogP contribution in [0.4, 0.5) is 13.2 Å². The van der Waals surface area contributed by atoms with E-state index in [0.717, 1.165) is 16.3 Å². The van der Waals surface area contributed by atoms with Crippen LogP contribution >= 0.6 is 11.6 Å². The Morgan fingerprint density at radius 3 is 2.61 bits per heavy atom. The van der Waals surface area contributed by atoms with E-state index >= 15 is 0 Å². The van der Waals surface area contributed by atoms with Gasteiger partial charge in [0.2, 0.25) is 0 Å². The fourth-order valence-corrected chi connectivity index (χ4v) is 2.59. The SMILES string of the molecule is Cn1c(Cn2cc(C(F)(F)F)cc(Cl)c2=O)nc2ccccc21. The van der Waals surface area contributed by atoms with Crippen LogP contribution in [0.5, 0.6) is 0 Å². The maximum atomic E-state index is 12.9. The van der Waals surface area contributed by atoms with Gasteiger partial charge in [-0.15, -0.1) is 0 Å². The van der Waals surface area contributed by atoms with Crippen molar-refractivity contribution in [2.75, 3.05) is 0 Å². The monoisotopic (exact) mass is 341 g/mol. The van der Waals surface area contributed by atoms with Gasteiger partial charge in [-0.1, -0.05) is 23.7 Å². The topological polar surface area (TPSA) is 39.8 Å². The van der Waals surface area contributed by atoms with E-state index in [1.807, 2.05) is 18.2 Å². The van der Waals surface area contributed by atoms with E-state index < -0.39 is 22.3 Å². The van der Waals surface area contributed by atoms with Crippen LogP contribution < -0.4 is 5.56 Å². The molecule has 23 heavy (non-hydrogen) atoms. The van der Waals surface area contributed by atoms with Crippen molar-refractivity contribution in [1.29, 1.82) is 0 Å². The van der Waals surface area contributed by atoms with Crippen molar-refractivity contribution < 1.29 is 13.2 Å². The summed E-state index contributed by atoms with van der Waals surface area (Å²) >= 11 is 5.65. The van der Waals surface area contributed by atoms with Crippen LogP contribution in [-0.2, 0) is 19.8 Å². The lowest BCUT2D eigenvalue weighted by Gasteiger charge is -2.11. The van der Waals surface area contributed by atoms with E-state index in [-0.39, 0.29) is 6.54 Å². The lowest BCUT2D eigenvalue weighted by Crippen LogP contribution is -2.24. The molecule has 4 nitrogen and oxygen atoms in total. The second kappa shape index (κ2) is 5.42. The van der Waals surface area contributed by atoms with E-state index in [0.29, 0.717) is 17.4 Å². The van der Waals surface area contributed by atoms with Crippen LogP contribution in [0.2, 0.25) is 5.02 Å². The standard InChI is InChI=1S/C15H11ClF3N3O/c1-21-12-5-3-2-4-11(12)20-13(21)8-22-7-9(15(17,18)19)6-10(16)14(22)23/h2-7H,8H2,1H3. The van der Waals surface area contributed by atoms with Gasteiger partial charge in [-0.3, -0.25) is 4.79 Å². The number of alkyl halides is 3. The minimum atomic E-state index is -4.58. The van der Waals surface area contributed by atoms with Gasteiger partial charge in [0.05, 0.1) is 23.1 Å². The van der Waals surface area contributed by atoms with Crippen molar-refractivity contribution in [2.24, 2.45) is 7.05 Å². The Bertz CT molecular complexity index is 943. The summed E-state index contributed by atoms with van der Waals surface area (Å²) < 4.78 is 41.3. The predicted octanol–water partition coefficient (Wildman–Crippen LogP) is 3.46. The summed E-state index contributed by atoms with van der Waals surface area (Å²) in [6.45, 7) is -0.104. The summed E-state index contributed by atoms with van der Waals surface area (Å²) in [6.07, 6.45) is -3.82. The fourth-order valence-electron chi connectivity index (χ4n) is 2.36. The Morgan fingerprint density at radius 1 is 1.26 bits per heavy atom. The van der Waals surface area contributed by atoms with E-state index in [9.17, 15) is 18.0 Å². The summed E-state index contributed by atoms with van der Waals surface area (Å²) in [5.41, 5.74) is -0.127. The number of halogens is 4. The number of nitrogens with zero attached hydrogens (tertiary/aromatic N) is 3. The number of benzene rings is 1. The first kappa shape index (κ1) is 15.6. The molecule has 0 saturated heterocycles. The maximum absolute atomic E-state index is 12.9. The number of imidazole rings is 1. The third kappa shape index (κ3) is 2.84. The van der Waals surface area contributed by atoms with Crippen LogP contribution in [0, 0.1) is 0 Å². The number of pyridine rings is 1. The molecule has 0 fully saturated rings. The molecule has 1 aromatic carbocycles. The smallest absolute Gasteiger partial charge is 0.330 e. The first-order valence-electron chi connectivity index (χ1n) is 6.65. The summed E-state index contributed by atoms with van der Waals surface area (Å²) in [6, 6.07) is 7.91. The summed E-state index contributed by atoms with van der Waals surface area (Å²) in [7, 11) is 1.74. The molecule has 120 valence electrons. The number of fused-ring (bicyclic) bond motifs is 1. The molecule has 0 radical (unpaired) electrons. The molecule has 0 bridgehead atoms. The Balaban J connectivity index is 2.10. The van der Waals surface area contributed by atoms with Gasteiger partial charge in [-0.2, -0.15) is 13.2 Å². The van der Waals surface area contributed by atoms with Gasteiger partial charge in [0.1, 0.15) is 10.8 Å². The molecule has 2 heterocycles. The molecule has 0 N–H and O–H groups in total. The number of para-hydroxylation sites is 2. The van der Waals surface area contributed by atoms with E-state index in [4.69, 9.17) is 11.6 Å².